The number of thiophene rings is 1. The lowest BCUT2D eigenvalue weighted by atomic mass is 9.99. The van der Waals surface area contributed by atoms with E-state index in [1.54, 1.807) is 6.08 Å². The van der Waals surface area contributed by atoms with E-state index in [1.807, 2.05) is 22.4 Å². The number of carbonyl (C=O) groups excluding carboxylic acids is 1. The number of rotatable bonds is 4. The van der Waals surface area contributed by atoms with Gasteiger partial charge in [-0.3, -0.25) is 4.79 Å². The summed E-state index contributed by atoms with van der Waals surface area (Å²) < 4.78 is 0. The zero-order valence-corrected chi connectivity index (χ0v) is 14.7. The minimum absolute atomic E-state index is 0.0410. The van der Waals surface area contributed by atoms with Crippen molar-refractivity contribution in [2.75, 3.05) is 26.2 Å². The van der Waals surface area contributed by atoms with Crippen molar-refractivity contribution in [1.29, 1.82) is 0 Å². The van der Waals surface area contributed by atoms with Crippen LogP contribution in [0.4, 0.5) is 0 Å². The first kappa shape index (κ1) is 17.6. The highest BCUT2D eigenvalue weighted by atomic mass is 32.1. The topological polar surface area (TPSA) is 64.0 Å². The Labute approximate surface area is 147 Å². The molecule has 0 atom stereocenters. The molecule has 0 radical (unpaired) electrons. The molecule has 0 bridgehead atoms. The third-order valence-electron chi connectivity index (χ3n) is 5.04. The second-order valence-electron chi connectivity index (χ2n) is 6.67. The fourth-order valence-electron chi connectivity index (χ4n) is 3.53. The number of aliphatic hydroxyl groups is 2. The van der Waals surface area contributed by atoms with Crippen molar-refractivity contribution in [1.82, 2.24) is 9.80 Å². The van der Waals surface area contributed by atoms with Gasteiger partial charge in [0.2, 0.25) is 5.91 Å². The molecule has 0 aromatic carbocycles. The van der Waals surface area contributed by atoms with E-state index >= 15 is 0 Å². The number of aliphatic hydroxyl groups excluding tert-OH is 2. The lowest BCUT2D eigenvalue weighted by Crippen LogP contribution is -2.49. The zero-order chi connectivity index (χ0) is 16.9. The first-order valence-corrected chi connectivity index (χ1v) is 9.61. The summed E-state index contributed by atoms with van der Waals surface area (Å²) in [7, 11) is 0. The lowest BCUT2D eigenvalue weighted by molar-refractivity contribution is -0.127. The van der Waals surface area contributed by atoms with E-state index in [-0.39, 0.29) is 18.6 Å². The molecule has 5 nitrogen and oxygen atoms in total. The first-order valence-electron chi connectivity index (χ1n) is 8.73. The largest absolute Gasteiger partial charge is 0.393 e. The Morgan fingerprint density at radius 3 is 2.54 bits per heavy atom. The number of piperidine rings is 2. The van der Waals surface area contributed by atoms with Crippen LogP contribution in [0, 0.1) is 0 Å². The molecule has 2 aliphatic rings. The SMILES string of the molecule is O=C(C=Cc1cc(CO)cs1)N1CCC(N2CCC(O)CC2)CC1. The van der Waals surface area contributed by atoms with Gasteiger partial charge in [-0.15, -0.1) is 11.3 Å². The molecular formula is C18H26N2O3S. The van der Waals surface area contributed by atoms with Gasteiger partial charge in [0, 0.05) is 43.2 Å². The van der Waals surface area contributed by atoms with Crippen molar-refractivity contribution in [2.45, 2.75) is 44.4 Å². The highest BCUT2D eigenvalue weighted by molar-refractivity contribution is 7.11. The summed E-state index contributed by atoms with van der Waals surface area (Å²) >= 11 is 1.54. The number of carbonyl (C=O) groups is 1. The lowest BCUT2D eigenvalue weighted by Gasteiger charge is -2.40. The van der Waals surface area contributed by atoms with Gasteiger partial charge in [0.05, 0.1) is 12.7 Å². The van der Waals surface area contributed by atoms with Gasteiger partial charge in [0.15, 0.2) is 0 Å². The van der Waals surface area contributed by atoms with Crippen LogP contribution in [0.25, 0.3) is 6.08 Å². The van der Waals surface area contributed by atoms with Crippen LogP contribution in [0.1, 0.15) is 36.1 Å². The van der Waals surface area contributed by atoms with Crippen molar-refractivity contribution < 1.29 is 15.0 Å². The van der Waals surface area contributed by atoms with E-state index in [2.05, 4.69) is 4.90 Å². The number of likely N-dealkylation sites (tertiary alicyclic amines) is 2. The molecule has 3 rings (SSSR count). The van der Waals surface area contributed by atoms with Crippen LogP contribution in [0.5, 0.6) is 0 Å². The van der Waals surface area contributed by atoms with Crippen molar-refractivity contribution in [3.63, 3.8) is 0 Å². The summed E-state index contributed by atoms with van der Waals surface area (Å²) in [5.74, 6) is 0.0708. The van der Waals surface area contributed by atoms with Crippen molar-refractivity contribution in [3.8, 4) is 0 Å². The van der Waals surface area contributed by atoms with E-state index in [0.29, 0.717) is 6.04 Å². The zero-order valence-electron chi connectivity index (χ0n) is 13.9. The van der Waals surface area contributed by atoms with Gasteiger partial charge < -0.3 is 20.0 Å². The maximum absolute atomic E-state index is 12.3. The Balaban J connectivity index is 1.46. The average molecular weight is 350 g/mol. The third kappa shape index (κ3) is 4.45. The fraction of sp³-hybridized carbons (Fsp3) is 0.611. The summed E-state index contributed by atoms with van der Waals surface area (Å²) in [6, 6.07) is 2.46. The second-order valence-corrected chi connectivity index (χ2v) is 7.62. The van der Waals surface area contributed by atoms with Gasteiger partial charge in [0.1, 0.15) is 0 Å². The van der Waals surface area contributed by atoms with Crippen LogP contribution < -0.4 is 0 Å². The first-order chi connectivity index (χ1) is 11.7. The summed E-state index contributed by atoms with van der Waals surface area (Å²) in [6.45, 7) is 3.61. The predicted octanol–water partition coefficient (Wildman–Crippen LogP) is 1.70. The van der Waals surface area contributed by atoms with Crippen LogP contribution in [-0.2, 0) is 11.4 Å². The highest BCUT2D eigenvalue weighted by Gasteiger charge is 2.28. The maximum atomic E-state index is 12.3. The molecule has 2 N–H and O–H groups in total. The van der Waals surface area contributed by atoms with Crippen LogP contribution in [-0.4, -0.2) is 64.2 Å². The van der Waals surface area contributed by atoms with E-state index in [4.69, 9.17) is 5.11 Å². The number of hydrogen-bond acceptors (Lipinski definition) is 5. The van der Waals surface area contributed by atoms with Gasteiger partial charge in [-0.2, -0.15) is 0 Å². The summed E-state index contributed by atoms with van der Waals surface area (Å²) in [5.41, 5.74) is 0.888. The predicted molar refractivity (Wildman–Crippen MR) is 95.7 cm³/mol. The highest BCUT2D eigenvalue weighted by Crippen LogP contribution is 2.22. The van der Waals surface area contributed by atoms with Crippen molar-refractivity contribution in [2.24, 2.45) is 0 Å². The summed E-state index contributed by atoms with van der Waals surface area (Å²) in [5, 5.41) is 20.6. The Kier molecular flexibility index (Phi) is 6.05. The number of amides is 1. The summed E-state index contributed by atoms with van der Waals surface area (Å²) in [4.78, 5) is 17.7. The molecule has 0 unspecified atom stereocenters. The quantitative estimate of drug-likeness (QED) is 0.812. The standard InChI is InChI=1S/C18H26N2O3S/c21-12-14-11-17(24-13-14)1-2-18(23)20-7-3-15(4-8-20)19-9-5-16(22)6-10-19/h1-2,11,13,15-16,21-22H,3-10,12H2. The van der Waals surface area contributed by atoms with Crippen molar-refractivity contribution in [3.05, 3.63) is 28.0 Å². The van der Waals surface area contributed by atoms with E-state index in [1.165, 1.54) is 11.3 Å². The molecule has 132 valence electrons. The molecule has 24 heavy (non-hydrogen) atoms. The molecule has 2 fully saturated rings. The Bertz CT molecular complexity index is 571. The Morgan fingerprint density at radius 2 is 1.92 bits per heavy atom. The third-order valence-corrected chi connectivity index (χ3v) is 5.99. The van der Waals surface area contributed by atoms with Crippen LogP contribution in [0.3, 0.4) is 0 Å². The van der Waals surface area contributed by atoms with Gasteiger partial charge >= 0.3 is 0 Å². The van der Waals surface area contributed by atoms with Crippen molar-refractivity contribution >= 4 is 23.3 Å². The fourth-order valence-corrected chi connectivity index (χ4v) is 4.32. The van der Waals surface area contributed by atoms with Gasteiger partial charge in [-0.05, 0) is 48.8 Å². The maximum Gasteiger partial charge on any atom is 0.246 e. The molecule has 0 saturated carbocycles. The van der Waals surface area contributed by atoms with E-state index in [9.17, 15) is 9.90 Å². The molecule has 3 heterocycles. The van der Waals surface area contributed by atoms with Crippen LogP contribution >= 0.6 is 11.3 Å². The van der Waals surface area contributed by atoms with Crippen LogP contribution in [0.2, 0.25) is 0 Å². The molecule has 1 amide bonds. The second kappa shape index (κ2) is 8.25. The summed E-state index contributed by atoms with van der Waals surface area (Å²) in [6.07, 6.45) is 7.13. The molecule has 6 heteroatoms. The monoisotopic (exact) mass is 350 g/mol. The minimum atomic E-state index is -0.128. The van der Waals surface area contributed by atoms with Crippen LogP contribution in [0.15, 0.2) is 17.5 Å². The average Bonchev–Trinajstić information content (AvgIpc) is 3.09. The smallest absolute Gasteiger partial charge is 0.246 e. The molecule has 2 saturated heterocycles. The normalized spacial score (nSPS) is 21.7. The minimum Gasteiger partial charge on any atom is -0.393 e. The van der Waals surface area contributed by atoms with Gasteiger partial charge in [0.25, 0.3) is 0 Å². The molecule has 0 spiro atoms. The molecule has 2 aliphatic heterocycles. The molecule has 1 aromatic rings. The Hall–Kier alpha value is -1.21. The Morgan fingerprint density at radius 1 is 1.21 bits per heavy atom. The molecule has 1 aromatic heterocycles. The van der Waals surface area contributed by atoms with Gasteiger partial charge in [-0.1, -0.05) is 0 Å². The van der Waals surface area contributed by atoms with E-state index in [0.717, 1.165) is 62.3 Å². The molecular weight excluding hydrogens is 324 g/mol. The number of hydrogen-bond donors (Lipinski definition) is 2. The van der Waals surface area contributed by atoms with E-state index < -0.39 is 0 Å². The number of nitrogens with zero attached hydrogens (tertiary/aromatic N) is 2. The molecule has 0 aliphatic carbocycles. The van der Waals surface area contributed by atoms with Gasteiger partial charge in [-0.25, -0.2) is 0 Å².